The van der Waals surface area contributed by atoms with Gasteiger partial charge in [0.15, 0.2) is 0 Å². The molecule has 0 bridgehead atoms. The molecule has 0 saturated heterocycles. The summed E-state index contributed by atoms with van der Waals surface area (Å²) in [7, 11) is 1.53. The van der Waals surface area contributed by atoms with Crippen LogP contribution in [0.4, 0.5) is 15.8 Å². The molecule has 0 radical (unpaired) electrons. The number of nitrogens with one attached hydrogen (secondary N) is 1. The second-order valence-corrected chi connectivity index (χ2v) is 4.18. The maximum Gasteiger partial charge on any atom is 0.125 e. The minimum Gasteiger partial charge on any atom is -0.497 e. The highest BCUT2D eigenvalue weighted by Gasteiger charge is 2.07. The molecule has 2 aromatic carbocycles. The van der Waals surface area contributed by atoms with Gasteiger partial charge < -0.3 is 10.1 Å². The molecule has 0 saturated carbocycles. The molecule has 0 amide bonds. The van der Waals surface area contributed by atoms with Crippen LogP contribution in [0, 0.1) is 17.1 Å². The predicted octanol–water partition coefficient (Wildman–Crippen LogP) is 4.10. The fourth-order valence-corrected chi connectivity index (χ4v) is 1.75. The number of methoxy groups -OCH3 is 1. The van der Waals surface area contributed by atoms with Crippen molar-refractivity contribution in [2.45, 2.75) is 0 Å². The van der Waals surface area contributed by atoms with Crippen LogP contribution in [0.3, 0.4) is 0 Å². The largest absolute Gasteiger partial charge is 0.497 e. The van der Waals surface area contributed by atoms with E-state index in [9.17, 15) is 4.39 Å². The third-order valence-electron chi connectivity index (χ3n) is 2.54. The predicted molar refractivity (Wildman–Crippen MR) is 72.4 cm³/mol. The zero-order valence-electron chi connectivity index (χ0n) is 10.1. The van der Waals surface area contributed by atoms with Gasteiger partial charge in [-0.05, 0) is 30.3 Å². The summed E-state index contributed by atoms with van der Waals surface area (Å²) in [5.41, 5.74) is 1.32. The quantitative estimate of drug-likeness (QED) is 0.918. The zero-order valence-corrected chi connectivity index (χ0v) is 10.8. The van der Waals surface area contributed by atoms with E-state index < -0.39 is 5.82 Å². The maximum absolute atomic E-state index is 13.2. The number of halogens is 2. The smallest absolute Gasteiger partial charge is 0.125 e. The van der Waals surface area contributed by atoms with Crippen LogP contribution >= 0.6 is 11.6 Å². The van der Waals surface area contributed by atoms with E-state index in [4.69, 9.17) is 21.6 Å². The van der Waals surface area contributed by atoms with Crippen LogP contribution in [0.15, 0.2) is 36.4 Å². The summed E-state index contributed by atoms with van der Waals surface area (Å²) in [5, 5.41) is 12.3. The summed E-state index contributed by atoms with van der Waals surface area (Å²) >= 11 is 5.97. The van der Waals surface area contributed by atoms with Crippen LogP contribution in [-0.4, -0.2) is 7.11 Å². The summed E-state index contributed by atoms with van der Waals surface area (Å²) in [6, 6.07) is 11.0. The van der Waals surface area contributed by atoms with Crippen molar-refractivity contribution in [2.75, 3.05) is 12.4 Å². The Morgan fingerprint density at radius 2 is 2.00 bits per heavy atom. The molecule has 0 aliphatic heterocycles. The molecule has 0 fully saturated rings. The van der Waals surface area contributed by atoms with Crippen molar-refractivity contribution in [3.63, 3.8) is 0 Å². The second kappa shape index (κ2) is 5.59. The van der Waals surface area contributed by atoms with Gasteiger partial charge in [-0.2, -0.15) is 5.26 Å². The van der Waals surface area contributed by atoms with Gasteiger partial charge in [0.05, 0.1) is 29.1 Å². The summed E-state index contributed by atoms with van der Waals surface area (Å²) in [6.07, 6.45) is 0. The highest BCUT2D eigenvalue weighted by Crippen LogP contribution is 2.29. The number of anilines is 2. The topological polar surface area (TPSA) is 45.0 Å². The van der Waals surface area contributed by atoms with E-state index in [-0.39, 0.29) is 0 Å². The second-order valence-electron chi connectivity index (χ2n) is 3.77. The molecule has 0 atom stereocenters. The standard InChI is InChI=1S/C14H10ClFN2O/c1-19-11-4-2-9(8-17)13(7-11)18-14-6-10(16)3-5-12(14)15/h2-7,18H,1H3. The van der Waals surface area contributed by atoms with Gasteiger partial charge in [0.25, 0.3) is 0 Å². The van der Waals surface area contributed by atoms with E-state index in [1.165, 1.54) is 25.3 Å². The number of ether oxygens (including phenoxy) is 1. The van der Waals surface area contributed by atoms with Gasteiger partial charge in [0.1, 0.15) is 17.6 Å². The molecule has 19 heavy (non-hydrogen) atoms. The molecular weight excluding hydrogens is 267 g/mol. The molecule has 0 aliphatic carbocycles. The van der Waals surface area contributed by atoms with Crippen molar-refractivity contribution >= 4 is 23.0 Å². The molecule has 2 aromatic rings. The minimum absolute atomic E-state index is 0.369. The van der Waals surface area contributed by atoms with Crippen LogP contribution in [0.2, 0.25) is 5.02 Å². The Morgan fingerprint density at radius 1 is 1.21 bits per heavy atom. The van der Waals surface area contributed by atoms with E-state index in [1.807, 2.05) is 6.07 Å². The normalized spacial score (nSPS) is 9.79. The number of rotatable bonds is 3. The van der Waals surface area contributed by atoms with Gasteiger partial charge in [-0.3, -0.25) is 0 Å². The molecule has 3 nitrogen and oxygen atoms in total. The summed E-state index contributed by atoms with van der Waals surface area (Å²) in [4.78, 5) is 0. The summed E-state index contributed by atoms with van der Waals surface area (Å²) in [6.45, 7) is 0. The SMILES string of the molecule is COc1ccc(C#N)c(Nc2cc(F)ccc2Cl)c1. The van der Waals surface area contributed by atoms with Crippen molar-refractivity contribution < 1.29 is 9.13 Å². The molecule has 1 N–H and O–H groups in total. The Kier molecular flexibility index (Phi) is 3.88. The third kappa shape index (κ3) is 2.95. The number of hydrogen-bond donors (Lipinski definition) is 1. The Morgan fingerprint density at radius 3 is 2.68 bits per heavy atom. The average Bonchev–Trinajstić information content (AvgIpc) is 2.42. The minimum atomic E-state index is -0.409. The average molecular weight is 277 g/mol. The first-order chi connectivity index (χ1) is 9.13. The van der Waals surface area contributed by atoms with Crippen molar-refractivity contribution in [3.05, 3.63) is 52.8 Å². The first-order valence-electron chi connectivity index (χ1n) is 5.44. The summed E-state index contributed by atoms with van der Waals surface area (Å²) in [5.74, 6) is 0.183. The van der Waals surface area contributed by atoms with E-state index in [0.717, 1.165) is 0 Å². The van der Waals surface area contributed by atoms with Crippen LogP contribution in [0.1, 0.15) is 5.56 Å². The Bertz CT molecular complexity index is 652. The van der Waals surface area contributed by atoms with Gasteiger partial charge in [-0.1, -0.05) is 11.6 Å². The van der Waals surface area contributed by atoms with Crippen LogP contribution in [0.5, 0.6) is 5.75 Å². The lowest BCUT2D eigenvalue weighted by molar-refractivity contribution is 0.415. The Labute approximate surface area is 115 Å². The van der Waals surface area contributed by atoms with E-state index in [0.29, 0.717) is 27.7 Å². The maximum atomic E-state index is 13.2. The van der Waals surface area contributed by atoms with Gasteiger partial charge in [0.2, 0.25) is 0 Å². The molecule has 96 valence electrons. The highest BCUT2D eigenvalue weighted by molar-refractivity contribution is 6.33. The van der Waals surface area contributed by atoms with Crippen molar-refractivity contribution in [3.8, 4) is 11.8 Å². The third-order valence-corrected chi connectivity index (χ3v) is 2.87. The monoisotopic (exact) mass is 276 g/mol. The molecule has 0 heterocycles. The number of nitriles is 1. The molecule has 0 aromatic heterocycles. The van der Waals surface area contributed by atoms with Gasteiger partial charge >= 0.3 is 0 Å². The fourth-order valence-electron chi connectivity index (χ4n) is 1.59. The molecule has 0 unspecified atom stereocenters. The lowest BCUT2D eigenvalue weighted by Gasteiger charge is -2.11. The Balaban J connectivity index is 2.42. The lowest BCUT2D eigenvalue weighted by atomic mass is 10.1. The molecule has 5 heteroatoms. The molecule has 0 aliphatic rings. The number of benzene rings is 2. The van der Waals surface area contributed by atoms with Gasteiger partial charge in [-0.25, -0.2) is 4.39 Å². The van der Waals surface area contributed by atoms with Crippen LogP contribution in [-0.2, 0) is 0 Å². The van der Waals surface area contributed by atoms with Gasteiger partial charge in [-0.15, -0.1) is 0 Å². The van der Waals surface area contributed by atoms with E-state index in [2.05, 4.69) is 5.32 Å². The first-order valence-corrected chi connectivity index (χ1v) is 5.82. The molecule has 2 rings (SSSR count). The fraction of sp³-hybridized carbons (Fsp3) is 0.0714. The summed E-state index contributed by atoms with van der Waals surface area (Å²) < 4.78 is 18.3. The first kappa shape index (κ1) is 13.2. The van der Waals surface area contributed by atoms with Crippen molar-refractivity contribution in [1.29, 1.82) is 5.26 Å². The van der Waals surface area contributed by atoms with Crippen LogP contribution in [0.25, 0.3) is 0 Å². The number of nitrogens with zero attached hydrogens (tertiary/aromatic N) is 1. The van der Waals surface area contributed by atoms with Gasteiger partial charge in [0, 0.05) is 6.07 Å². The highest BCUT2D eigenvalue weighted by atomic mass is 35.5. The van der Waals surface area contributed by atoms with Crippen molar-refractivity contribution in [1.82, 2.24) is 0 Å². The van der Waals surface area contributed by atoms with E-state index >= 15 is 0 Å². The molecule has 0 spiro atoms. The lowest BCUT2D eigenvalue weighted by Crippen LogP contribution is -1.96. The van der Waals surface area contributed by atoms with E-state index in [1.54, 1.807) is 18.2 Å². The molecular formula is C14H10ClFN2O. The van der Waals surface area contributed by atoms with Crippen LogP contribution < -0.4 is 10.1 Å². The Hall–Kier alpha value is -2.25. The zero-order chi connectivity index (χ0) is 13.8. The van der Waals surface area contributed by atoms with Crippen molar-refractivity contribution in [2.24, 2.45) is 0 Å². The number of hydrogen-bond acceptors (Lipinski definition) is 3.